The number of aliphatic hydroxyl groups excluding tert-OH is 2. The standard InChI is InChI=1S/C13H23NOS.2C9H12.CH3NOS.CH4/c15-13(16)14(11-7-3-1-4-8-11)12-9-5-2-6-10-12;2*1-2-6-9-7-4-3-5-8-9;2-1(3)4;/h11-12H,1-10H2,(H,15,16);2*3-5,7-8H,2,6H2,1H3;(H3,2,3,4);1H4. The summed E-state index contributed by atoms with van der Waals surface area (Å²) in [6.07, 6.45) is 17.7. The molecule has 2 aromatic carbocycles. The number of rotatable bonds is 6. The third-order valence-corrected chi connectivity index (χ3v) is 7.13. The van der Waals surface area contributed by atoms with E-state index in [9.17, 15) is 5.11 Å². The van der Waals surface area contributed by atoms with Gasteiger partial charge in [0.15, 0.2) is 0 Å². The molecule has 2 fully saturated rings. The Morgan fingerprint density at radius 3 is 1.26 bits per heavy atom. The van der Waals surface area contributed by atoms with Gasteiger partial charge in [0.2, 0.25) is 0 Å². The number of thiocarbonyl (C=S) groups is 2. The minimum atomic E-state index is -0.500. The first-order chi connectivity index (χ1) is 18.4. The van der Waals surface area contributed by atoms with Gasteiger partial charge >= 0.3 is 0 Å². The molecular formula is C33H54N2O2S2. The molecule has 4 N–H and O–H groups in total. The van der Waals surface area contributed by atoms with Crippen molar-refractivity contribution in [3.8, 4) is 0 Å². The van der Waals surface area contributed by atoms with Crippen molar-refractivity contribution in [1.82, 2.24) is 4.90 Å². The molecule has 0 atom stereocenters. The number of benzene rings is 2. The zero-order valence-electron chi connectivity index (χ0n) is 23.6. The van der Waals surface area contributed by atoms with E-state index in [2.05, 4.69) is 97.4 Å². The van der Waals surface area contributed by atoms with Gasteiger partial charge in [-0.05, 0) is 74.1 Å². The Kier molecular flexibility index (Phi) is 22.4. The molecule has 39 heavy (non-hydrogen) atoms. The maximum Gasteiger partial charge on any atom is 0.257 e. The van der Waals surface area contributed by atoms with Crippen LogP contribution in [-0.4, -0.2) is 37.5 Å². The third-order valence-electron chi connectivity index (χ3n) is 6.92. The topological polar surface area (TPSA) is 69.7 Å². The highest BCUT2D eigenvalue weighted by Gasteiger charge is 2.30. The normalized spacial score (nSPS) is 14.9. The number of hydrogen-bond acceptors (Lipinski definition) is 2. The maximum atomic E-state index is 9.77. The van der Waals surface area contributed by atoms with E-state index in [1.54, 1.807) is 0 Å². The molecule has 0 aliphatic heterocycles. The van der Waals surface area contributed by atoms with E-state index >= 15 is 0 Å². The fourth-order valence-corrected chi connectivity index (χ4v) is 5.49. The van der Waals surface area contributed by atoms with Crippen molar-refractivity contribution in [2.45, 2.75) is 123 Å². The number of nitrogens with two attached hydrogens (primary N) is 1. The van der Waals surface area contributed by atoms with Gasteiger partial charge in [-0.3, -0.25) is 0 Å². The van der Waals surface area contributed by atoms with Crippen LogP contribution in [-0.2, 0) is 12.8 Å². The van der Waals surface area contributed by atoms with Gasteiger partial charge in [-0.15, -0.1) is 0 Å². The van der Waals surface area contributed by atoms with E-state index < -0.39 is 5.17 Å². The van der Waals surface area contributed by atoms with Crippen molar-refractivity contribution in [2.24, 2.45) is 5.73 Å². The molecule has 0 bridgehead atoms. The van der Waals surface area contributed by atoms with Crippen molar-refractivity contribution in [3.63, 3.8) is 0 Å². The highest BCUT2D eigenvalue weighted by Crippen LogP contribution is 2.30. The van der Waals surface area contributed by atoms with E-state index in [0.717, 1.165) is 0 Å². The summed E-state index contributed by atoms with van der Waals surface area (Å²) in [5, 5.41) is 17.0. The van der Waals surface area contributed by atoms with Gasteiger partial charge in [0.1, 0.15) is 0 Å². The van der Waals surface area contributed by atoms with Crippen LogP contribution in [0.3, 0.4) is 0 Å². The minimum absolute atomic E-state index is 0. The van der Waals surface area contributed by atoms with Crippen LogP contribution in [0, 0.1) is 0 Å². The van der Waals surface area contributed by atoms with Crippen molar-refractivity contribution in [3.05, 3.63) is 71.8 Å². The molecule has 0 amide bonds. The highest BCUT2D eigenvalue weighted by molar-refractivity contribution is 7.80. The van der Waals surface area contributed by atoms with Crippen LogP contribution in [0.1, 0.15) is 109 Å². The molecule has 2 aliphatic rings. The molecule has 0 unspecified atom stereocenters. The molecule has 4 nitrogen and oxygen atoms in total. The largest absolute Gasteiger partial charge is 0.487 e. The predicted octanol–water partition coefficient (Wildman–Crippen LogP) is 9.50. The van der Waals surface area contributed by atoms with Crippen LogP contribution >= 0.6 is 24.4 Å². The second-order valence-electron chi connectivity index (χ2n) is 10.1. The van der Waals surface area contributed by atoms with Crippen molar-refractivity contribution >= 4 is 34.8 Å². The lowest BCUT2D eigenvalue weighted by atomic mass is 9.89. The Bertz CT molecular complexity index is 789. The number of aliphatic hydroxyl groups is 2. The van der Waals surface area contributed by atoms with E-state index in [-0.39, 0.29) is 12.6 Å². The van der Waals surface area contributed by atoms with Crippen LogP contribution in [0.5, 0.6) is 0 Å². The summed E-state index contributed by atoms with van der Waals surface area (Å²) >= 11 is 8.93. The summed E-state index contributed by atoms with van der Waals surface area (Å²) in [4.78, 5) is 2.17. The molecule has 0 heterocycles. The van der Waals surface area contributed by atoms with E-state index in [1.807, 2.05) is 0 Å². The lowest BCUT2D eigenvalue weighted by molar-refractivity contribution is 0.138. The zero-order valence-corrected chi connectivity index (χ0v) is 25.2. The maximum absolute atomic E-state index is 9.77. The summed E-state index contributed by atoms with van der Waals surface area (Å²) < 4.78 is 0. The van der Waals surface area contributed by atoms with Crippen LogP contribution in [0.25, 0.3) is 0 Å². The molecule has 0 radical (unpaired) electrons. The first-order valence-corrected chi connectivity index (χ1v) is 15.3. The monoisotopic (exact) mass is 574 g/mol. The molecule has 6 heteroatoms. The second kappa shape index (κ2) is 23.7. The zero-order chi connectivity index (χ0) is 28.0. The van der Waals surface area contributed by atoms with Crippen LogP contribution in [0.15, 0.2) is 60.7 Å². The van der Waals surface area contributed by atoms with Gasteiger partial charge < -0.3 is 20.8 Å². The summed E-state index contributed by atoms with van der Waals surface area (Å²) in [5.41, 5.74) is 7.29. The molecule has 2 aromatic rings. The predicted molar refractivity (Wildman–Crippen MR) is 178 cm³/mol. The van der Waals surface area contributed by atoms with E-state index in [0.29, 0.717) is 12.1 Å². The molecule has 0 spiro atoms. The van der Waals surface area contributed by atoms with Crippen LogP contribution in [0.2, 0.25) is 0 Å². The van der Waals surface area contributed by atoms with Gasteiger partial charge in [0.05, 0.1) is 0 Å². The summed E-state index contributed by atoms with van der Waals surface area (Å²) in [7, 11) is 0. The van der Waals surface area contributed by atoms with Crippen LogP contribution < -0.4 is 5.73 Å². The lowest BCUT2D eigenvalue weighted by Crippen LogP contribution is -2.48. The molecule has 0 saturated heterocycles. The molecular weight excluding hydrogens is 521 g/mol. The first kappa shape index (κ1) is 36.8. The van der Waals surface area contributed by atoms with Gasteiger partial charge in [-0.1, -0.05) is 133 Å². The molecule has 2 aliphatic carbocycles. The molecule has 2 saturated carbocycles. The Labute approximate surface area is 250 Å². The smallest absolute Gasteiger partial charge is 0.257 e. The average molecular weight is 575 g/mol. The Hall–Kier alpha value is -2.18. The van der Waals surface area contributed by atoms with Crippen molar-refractivity contribution in [1.29, 1.82) is 0 Å². The molecule has 4 rings (SSSR count). The Morgan fingerprint density at radius 2 is 1.00 bits per heavy atom. The third kappa shape index (κ3) is 17.9. The second-order valence-corrected chi connectivity index (χ2v) is 10.9. The van der Waals surface area contributed by atoms with Gasteiger partial charge in [0.25, 0.3) is 10.3 Å². The van der Waals surface area contributed by atoms with Gasteiger partial charge in [-0.25, -0.2) is 0 Å². The molecule has 220 valence electrons. The summed E-state index contributed by atoms with van der Waals surface area (Å²) in [5.74, 6) is 0. The number of aryl methyl sites for hydroxylation is 2. The lowest BCUT2D eigenvalue weighted by Gasteiger charge is -2.41. The Morgan fingerprint density at radius 1 is 0.692 bits per heavy atom. The molecule has 0 aromatic heterocycles. The minimum Gasteiger partial charge on any atom is -0.487 e. The average Bonchev–Trinajstić information content (AvgIpc) is 2.92. The first-order valence-electron chi connectivity index (χ1n) is 14.5. The van der Waals surface area contributed by atoms with E-state index in [1.165, 1.54) is 101 Å². The quantitative estimate of drug-likeness (QED) is 0.299. The van der Waals surface area contributed by atoms with Gasteiger partial charge in [0, 0.05) is 12.1 Å². The Balaban J connectivity index is 0.000000541. The number of hydrogen-bond donors (Lipinski definition) is 3. The van der Waals surface area contributed by atoms with Crippen LogP contribution in [0.4, 0.5) is 0 Å². The van der Waals surface area contributed by atoms with Crippen molar-refractivity contribution < 1.29 is 10.2 Å². The summed E-state index contributed by atoms with van der Waals surface area (Å²) in [6, 6.07) is 22.2. The SMILES string of the molecule is C.CCCc1ccccc1.CCCc1ccccc1.NC(O)=S.OC(=S)N(C1CCCCC1)C1CCCCC1. The summed E-state index contributed by atoms with van der Waals surface area (Å²) in [6.45, 7) is 4.40. The number of nitrogens with zero attached hydrogens (tertiary/aromatic N) is 1. The van der Waals surface area contributed by atoms with E-state index in [4.69, 9.17) is 17.3 Å². The fraction of sp³-hybridized carbons (Fsp3) is 0.576. The van der Waals surface area contributed by atoms with Crippen molar-refractivity contribution in [2.75, 3.05) is 0 Å². The van der Waals surface area contributed by atoms with Gasteiger partial charge in [-0.2, -0.15) is 0 Å². The highest BCUT2D eigenvalue weighted by atomic mass is 32.1. The fourth-order valence-electron chi connectivity index (χ4n) is 5.20.